The molecule has 2 nitrogen and oxygen atoms in total. The van der Waals surface area contributed by atoms with Gasteiger partial charge in [0, 0.05) is 0 Å². The minimum atomic E-state index is -1.54. The predicted octanol–water partition coefficient (Wildman–Crippen LogP) is 0.641. The van der Waals surface area contributed by atoms with Gasteiger partial charge >= 0.3 is 0 Å². The highest BCUT2D eigenvalue weighted by atomic mass is 19.1. The van der Waals surface area contributed by atoms with Gasteiger partial charge in [-0.05, 0) is 13.4 Å². The van der Waals surface area contributed by atoms with Crippen molar-refractivity contribution >= 4 is 13.4 Å². The Morgan fingerprint density at radius 1 is 1.33 bits per heavy atom. The van der Waals surface area contributed by atoms with E-state index >= 15 is 0 Å². The predicted molar refractivity (Wildman–Crippen MR) is 24.0 cm³/mol. The van der Waals surface area contributed by atoms with E-state index in [0.29, 0.717) is 0 Å². The molecule has 0 aromatic heterocycles. The van der Waals surface area contributed by atoms with Crippen molar-refractivity contribution < 1.29 is 4.39 Å². The fourth-order valence-electron chi connectivity index (χ4n) is 0.0577. The van der Waals surface area contributed by atoms with Crippen LogP contribution in [0.3, 0.4) is 0 Å². The molecule has 34 valence electrons. The monoisotopic (exact) mass is 88.0 g/mol. The molecule has 0 aromatic carbocycles. The number of aliphatic imine (C=N–C) groups is 2. The van der Waals surface area contributed by atoms with Crippen molar-refractivity contribution in [1.82, 2.24) is 0 Å². The van der Waals surface area contributed by atoms with Crippen LogP contribution in [0.25, 0.3) is 0 Å². The van der Waals surface area contributed by atoms with Crippen LogP contribution in [0.2, 0.25) is 0 Å². The summed E-state index contributed by atoms with van der Waals surface area (Å²) in [6.07, 6.45) is -1.54. The second-order valence-electron chi connectivity index (χ2n) is 0.676. The number of alkyl halides is 1. The maximum absolute atomic E-state index is 11.4. The van der Waals surface area contributed by atoms with E-state index in [1.807, 2.05) is 0 Å². The molecule has 0 aliphatic rings. The Morgan fingerprint density at radius 3 is 1.67 bits per heavy atom. The number of rotatable bonds is 2. The lowest BCUT2D eigenvalue weighted by atomic mass is 11.1. The standard InChI is InChI=1S/C3H5FN2/c1-5-3(4)6-2/h3H,1-2H2. The average Bonchev–Trinajstić information content (AvgIpc) is 1.65. The molecular formula is C3H5FN2. The van der Waals surface area contributed by atoms with Crippen LogP contribution < -0.4 is 0 Å². The zero-order chi connectivity index (χ0) is 4.99. The zero-order valence-electron chi connectivity index (χ0n) is 3.26. The second kappa shape index (κ2) is 2.50. The molecule has 0 saturated carbocycles. The van der Waals surface area contributed by atoms with E-state index in [-0.39, 0.29) is 0 Å². The molecule has 0 rings (SSSR count). The van der Waals surface area contributed by atoms with Crippen molar-refractivity contribution in [3.63, 3.8) is 0 Å². The molecule has 0 atom stereocenters. The van der Waals surface area contributed by atoms with Crippen LogP contribution in [-0.2, 0) is 0 Å². The first-order valence-corrected chi connectivity index (χ1v) is 1.37. The Hall–Kier alpha value is -0.730. The van der Waals surface area contributed by atoms with Gasteiger partial charge in [0.05, 0.1) is 0 Å². The summed E-state index contributed by atoms with van der Waals surface area (Å²) in [5.41, 5.74) is 0. The van der Waals surface area contributed by atoms with Gasteiger partial charge in [0.1, 0.15) is 0 Å². The lowest BCUT2D eigenvalue weighted by Crippen LogP contribution is -1.83. The number of hydrogen-bond donors (Lipinski definition) is 0. The Labute approximate surface area is 35.4 Å². The minimum Gasteiger partial charge on any atom is -0.244 e. The van der Waals surface area contributed by atoms with Crippen molar-refractivity contribution in [2.45, 2.75) is 6.42 Å². The highest BCUT2D eigenvalue weighted by molar-refractivity contribution is 5.26. The van der Waals surface area contributed by atoms with Gasteiger partial charge in [0.15, 0.2) is 0 Å². The molecule has 0 amide bonds. The fourth-order valence-corrected chi connectivity index (χ4v) is 0.0577. The Bertz CT molecular complexity index is 53.8. The van der Waals surface area contributed by atoms with Gasteiger partial charge in [-0.3, -0.25) is 0 Å². The first kappa shape index (κ1) is 5.27. The van der Waals surface area contributed by atoms with Crippen molar-refractivity contribution in [1.29, 1.82) is 0 Å². The van der Waals surface area contributed by atoms with Crippen LogP contribution in [0, 0.1) is 0 Å². The Morgan fingerprint density at radius 2 is 1.67 bits per heavy atom. The van der Waals surface area contributed by atoms with Crippen molar-refractivity contribution in [2.75, 3.05) is 0 Å². The third-order valence-electron chi connectivity index (χ3n) is 0.301. The maximum atomic E-state index is 11.4. The van der Waals surface area contributed by atoms with E-state index < -0.39 is 6.42 Å². The van der Waals surface area contributed by atoms with Gasteiger partial charge in [0.2, 0.25) is 0 Å². The summed E-state index contributed by atoms with van der Waals surface area (Å²) in [5.74, 6) is 0. The molecule has 0 saturated heterocycles. The van der Waals surface area contributed by atoms with Gasteiger partial charge in [-0.2, -0.15) is 4.39 Å². The smallest absolute Gasteiger partial charge is 0.244 e. The highest BCUT2D eigenvalue weighted by Crippen LogP contribution is 1.87. The zero-order valence-corrected chi connectivity index (χ0v) is 3.26. The van der Waals surface area contributed by atoms with E-state index in [2.05, 4.69) is 23.4 Å². The van der Waals surface area contributed by atoms with Crippen molar-refractivity contribution in [3.8, 4) is 0 Å². The van der Waals surface area contributed by atoms with Gasteiger partial charge < -0.3 is 0 Å². The molecule has 0 N–H and O–H groups in total. The average molecular weight is 88.1 g/mol. The lowest BCUT2D eigenvalue weighted by Gasteiger charge is -1.84. The molecule has 0 unspecified atom stereocenters. The molecule has 0 aromatic rings. The second-order valence-corrected chi connectivity index (χ2v) is 0.676. The van der Waals surface area contributed by atoms with E-state index in [1.54, 1.807) is 0 Å². The fraction of sp³-hybridized carbons (Fsp3) is 0.333. The molecular weight excluding hydrogens is 83.0 g/mol. The summed E-state index contributed by atoms with van der Waals surface area (Å²) < 4.78 is 11.4. The molecule has 0 heterocycles. The van der Waals surface area contributed by atoms with Gasteiger partial charge in [-0.25, -0.2) is 9.98 Å². The number of nitrogens with zero attached hydrogens (tertiary/aromatic N) is 2. The van der Waals surface area contributed by atoms with Gasteiger partial charge in [-0.15, -0.1) is 0 Å². The minimum absolute atomic E-state index is 1.54. The van der Waals surface area contributed by atoms with Crippen LogP contribution >= 0.6 is 0 Å². The quantitative estimate of drug-likeness (QED) is 0.349. The third-order valence-corrected chi connectivity index (χ3v) is 0.301. The lowest BCUT2D eigenvalue weighted by molar-refractivity contribution is 0.365. The molecule has 0 aliphatic carbocycles. The van der Waals surface area contributed by atoms with Gasteiger partial charge in [0.25, 0.3) is 6.42 Å². The SMILES string of the molecule is C=NC(F)N=C. The summed E-state index contributed by atoms with van der Waals surface area (Å²) in [4.78, 5) is 5.72. The third kappa shape index (κ3) is 1.58. The molecule has 6 heavy (non-hydrogen) atoms. The van der Waals surface area contributed by atoms with Crippen LogP contribution in [-0.4, -0.2) is 19.9 Å². The largest absolute Gasteiger partial charge is 0.282 e. The Balaban J connectivity index is 3.21. The van der Waals surface area contributed by atoms with Crippen LogP contribution in [0.1, 0.15) is 0 Å². The van der Waals surface area contributed by atoms with Crippen LogP contribution in [0.5, 0.6) is 0 Å². The Kier molecular flexibility index (Phi) is 2.20. The van der Waals surface area contributed by atoms with Crippen molar-refractivity contribution in [3.05, 3.63) is 0 Å². The maximum Gasteiger partial charge on any atom is 0.282 e. The molecule has 0 bridgehead atoms. The number of hydrogen-bond acceptors (Lipinski definition) is 2. The summed E-state index contributed by atoms with van der Waals surface area (Å²) in [6, 6.07) is 0. The van der Waals surface area contributed by atoms with E-state index in [4.69, 9.17) is 0 Å². The first-order chi connectivity index (χ1) is 2.81. The highest BCUT2D eigenvalue weighted by Gasteiger charge is 1.86. The van der Waals surface area contributed by atoms with E-state index in [1.165, 1.54) is 0 Å². The van der Waals surface area contributed by atoms with Crippen molar-refractivity contribution in [2.24, 2.45) is 9.98 Å². The topological polar surface area (TPSA) is 24.7 Å². The first-order valence-electron chi connectivity index (χ1n) is 1.37. The van der Waals surface area contributed by atoms with E-state index in [0.717, 1.165) is 0 Å². The molecule has 0 aliphatic heterocycles. The van der Waals surface area contributed by atoms with Gasteiger partial charge in [-0.1, -0.05) is 0 Å². The molecule has 0 fully saturated rings. The molecule has 0 spiro atoms. The molecule has 0 radical (unpaired) electrons. The van der Waals surface area contributed by atoms with Crippen LogP contribution in [0.15, 0.2) is 9.98 Å². The normalized spacial score (nSPS) is 8.33. The summed E-state index contributed by atoms with van der Waals surface area (Å²) in [7, 11) is 0. The summed E-state index contributed by atoms with van der Waals surface area (Å²) in [6.45, 7) is 5.75. The van der Waals surface area contributed by atoms with Crippen LogP contribution in [0.4, 0.5) is 4.39 Å². The summed E-state index contributed by atoms with van der Waals surface area (Å²) >= 11 is 0. The van der Waals surface area contributed by atoms with E-state index in [9.17, 15) is 4.39 Å². The molecule has 3 heteroatoms. The number of halogens is 1. The summed E-state index contributed by atoms with van der Waals surface area (Å²) in [5, 5.41) is 0.